The van der Waals surface area contributed by atoms with Crippen LogP contribution in [0.2, 0.25) is 5.02 Å². The minimum atomic E-state index is -0.649. The van der Waals surface area contributed by atoms with E-state index in [9.17, 15) is 14.7 Å². The first-order chi connectivity index (χ1) is 13.5. The summed E-state index contributed by atoms with van der Waals surface area (Å²) in [5.41, 5.74) is 0.637. The molecular formula is C19H16ClN3O5. The van der Waals surface area contributed by atoms with E-state index in [2.05, 4.69) is 15.0 Å². The smallest absolute Gasteiger partial charge is 0.325 e. The first-order valence-electron chi connectivity index (χ1n) is 8.19. The lowest BCUT2D eigenvalue weighted by Crippen LogP contribution is -2.10. The Morgan fingerprint density at radius 2 is 1.96 bits per heavy atom. The highest BCUT2D eigenvalue weighted by Crippen LogP contribution is 2.38. The van der Waals surface area contributed by atoms with Crippen LogP contribution in [0, 0.1) is 0 Å². The predicted octanol–water partition coefficient (Wildman–Crippen LogP) is 3.86. The molecule has 1 N–H and O–H groups in total. The molecule has 0 unspecified atom stereocenters. The van der Waals surface area contributed by atoms with E-state index in [1.165, 1.54) is 11.7 Å². The Morgan fingerprint density at radius 3 is 2.71 bits per heavy atom. The SMILES string of the molecule is COC(=O)Cn1c(O)c(N=NC(=O)COc2cccc(Cl)c2)c2ccccc21. The highest BCUT2D eigenvalue weighted by Gasteiger charge is 2.18. The van der Waals surface area contributed by atoms with Gasteiger partial charge in [-0.15, -0.1) is 10.2 Å². The van der Waals surface area contributed by atoms with Crippen LogP contribution in [0.1, 0.15) is 0 Å². The van der Waals surface area contributed by atoms with Crippen LogP contribution in [0.3, 0.4) is 0 Å². The molecule has 0 aliphatic carbocycles. The van der Waals surface area contributed by atoms with E-state index in [1.54, 1.807) is 48.5 Å². The van der Waals surface area contributed by atoms with E-state index < -0.39 is 11.9 Å². The number of ether oxygens (including phenoxy) is 2. The Labute approximate surface area is 165 Å². The summed E-state index contributed by atoms with van der Waals surface area (Å²) in [5.74, 6) is -1.05. The van der Waals surface area contributed by atoms with Gasteiger partial charge in [0.05, 0.1) is 12.6 Å². The van der Waals surface area contributed by atoms with Crippen LogP contribution in [0.15, 0.2) is 58.8 Å². The van der Waals surface area contributed by atoms with Gasteiger partial charge < -0.3 is 14.6 Å². The minimum Gasteiger partial charge on any atom is -0.493 e. The standard InChI is InChI=1S/C19H16ClN3O5/c1-27-17(25)10-23-15-8-3-2-7-14(15)18(19(23)26)22-21-16(24)11-28-13-6-4-5-12(20)9-13/h2-9,26H,10-11H2,1H3. The van der Waals surface area contributed by atoms with Crippen molar-refractivity contribution in [3.8, 4) is 11.6 Å². The molecule has 28 heavy (non-hydrogen) atoms. The molecule has 0 spiro atoms. The fourth-order valence-corrected chi connectivity index (χ4v) is 2.74. The van der Waals surface area contributed by atoms with E-state index in [0.29, 0.717) is 21.7 Å². The van der Waals surface area contributed by atoms with E-state index in [1.807, 2.05) is 0 Å². The number of aromatic nitrogens is 1. The molecule has 144 valence electrons. The molecule has 9 heteroatoms. The number of nitrogens with zero attached hydrogens (tertiary/aromatic N) is 3. The maximum absolute atomic E-state index is 12.0. The van der Waals surface area contributed by atoms with Crippen LogP contribution >= 0.6 is 11.6 Å². The Bertz CT molecular complexity index is 1060. The topological polar surface area (TPSA) is 102 Å². The summed E-state index contributed by atoms with van der Waals surface area (Å²) in [6, 6.07) is 13.5. The highest BCUT2D eigenvalue weighted by molar-refractivity contribution is 6.30. The fourth-order valence-electron chi connectivity index (χ4n) is 2.56. The van der Waals surface area contributed by atoms with Crippen LogP contribution in [-0.2, 0) is 20.9 Å². The van der Waals surface area contributed by atoms with Crippen LogP contribution in [0.25, 0.3) is 10.9 Å². The fraction of sp³-hybridized carbons (Fsp3) is 0.158. The third-order valence-electron chi connectivity index (χ3n) is 3.85. The summed E-state index contributed by atoms with van der Waals surface area (Å²) in [4.78, 5) is 23.6. The average molecular weight is 402 g/mol. The highest BCUT2D eigenvalue weighted by atomic mass is 35.5. The summed E-state index contributed by atoms with van der Waals surface area (Å²) in [6.07, 6.45) is 0. The number of azo groups is 1. The van der Waals surface area contributed by atoms with Crippen LogP contribution in [0.5, 0.6) is 11.6 Å². The number of aromatic hydroxyl groups is 1. The van der Waals surface area contributed by atoms with Crippen molar-refractivity contribution in [2.24, 2.45) is 10.2 Å². The van der Waals surface area contributed by atoms with Gasteiger partial charge >= 0.3 is 11.9 Å². The largest absolute Gasteiger partial charge is 0.493 e. The first-order valence-corrected chi connectivity index (χ1v) is 8.57. The number of carbonyl (C=O) groups excluding carboxylic acids is 2. The van der Waals surface area contributed by atoms with Crippen molar-refractivity contribution in [3.05, 3.63) is 53.6 Å². The molecule has 0 saturated carbocycles. The van der Waals surface area contributed by atoms with Crippen molar-refractivity contribution >= 4 is 40.1 Å². The molecule has 0 saturated heterocycles. The maximum atomic E-state index is 12.0. The van der Waals surface area contributed by atoms with Crippen LogP contribution in [0.4, 0.5) is 5.69 Å². The number of hydrogen-bond acceptors (Lipinski definition) is 6. The van der Waals surface area contributed by atoms with Crippen molar-refractivity contribution in [1.82, 2.24) is 4.57 Å². The number of amides is 1. The van der Waals surface area contributed by atoms with E-state index in [4.69, 9.17) is 16.3 Å². The Hall–Kier alpha value is -3.39. The second-order valence-electron chi connectivity index (χ2n) is 5.69. The van der Waals surface area contributed by atoms with Crippen LogP contribution < -0.4 is 4.74 Å². The summed E-state index contributed by atoms with van der Waals surface area (Å²) in [6.45, 7) is -0.546. The molecule has 1 amide bonds. The normalized spacial score (nSPS) is 11.1. The molecule has 0 aliphatic rings. The molecule has 0 fully saturated rings. The van der Waals surface area contributed by atoms with Crippen molar-refractivity contribution in [2.75, 3.05) is 13.7 Å². The van der Waals surface area contributed by atoms with Gasteiger partial charge in [0.25, 0.3) is 0 Å². The minimum absolute atomic E-state index is 0.0793. The molecule has 1 aromatic heterocycles. The molecule has 0 radical (unpaired) electrons. The van der Waals surface area contributed by atoms with Gasteiger partial charge in [0.15, 0.2) is 12.3 Å². The molecule has 2 aromatic carbocycles. The number of halogens is 1. The Morgan fingerprint density at radius 1 is 1.18 bits per heavy atom. The quantitative estimate of drug-likeness (QED) is 0.499. The summed E-state index contributed by atoms with van der Waals surface area (Å²) < 4.78 is 11.3. The monoisotopic (exact) mass is 401 g/mol. The summed E-state index contributed by atoms with van der Waals surface area (Å²) >= 11 is 5.85. The number of fused-ring (bicyclic) bond motifs is 1. The first kappa shape index (κ1) is 19.4. The van der Waals surface area contributed by atoms with Crippen LogP contribution in [-0.4, -0.2) is 35.3 Å². The lowest BCUT2D eigenvalue weighted by atomic mass is 10.2. The molecule has 8 nitrogen and oxygen atoms in total. The van der Waals surface area contributed by atoms with Gasteiger partial charge in [0.1, 0.15) is 12.3 Å². The number of esters is 1. The molecular weight excluding hydrogens is 386 g/mol. The Kier molecular flexibility index (Phi) is 5.90. The lowest BCUT2D eigenvalue weighted by Gasteiger charge is -2.04. The van der Waals surface area contributed by atoms with Gasteiger partial charge in [-0.3, -0.25) is 14.2 Å². The van der Waals surface area contributed by atoms with Gasteiger partial charge in [0.2, 0.25) is 5.88 Å². The predicted molar refractivity (Wildman–Crippen MR) is 102 cm³/mol. The van der Waals surface area contributed by atoms with Crippen molar-refractivity contribution in [2.45, 2.75) is 6.54 Å². The van der Waals surface area contributed by atoms with E-state index in [0.717, 1.165) is 0 Å². The molecule has 0 atom stereocenters. The number of rotatable bonds is 6. The number of methoxy groups -OCH3 is 1. The second-order valence-corrected chi connectivity index (χ2v) is 6.13. The lowest BCUT2D eigenvalue weighted by molar-refractivity contribution is -0.141. The van der Waals surface area contributed by atoms with Gasteiger partial charge in [-0.25, -0.2) is 0 Å². The molecule has 3 aromatic rings. The van der Waals surface area contributed by atoms with E-state index in [-0.39, 0.29) is 24.7 Å². The van der Waals surface area contributed by atoms with Crippen molar-refractivity contribution < 1.29 is 24.2 Å². The average Bonchev–Trinajstić information content (AvgIpc) is 2.96. The van der Waals surface area contributed by atoms with Gasteiger partial charge in [-0.1, -0.05) is 35.9 Å². The zero-order chi connectivity index (χ0) is 20.1. The molecule has 1 heterocycles. The molecule has 3 rings (SSSR count). The van der Waals surface area contributed by atoms with Gasteiger partial charge in [-0.2, -0.15) is 0 Å². The second kappa shape index (κ2) is 8.53. The Balaban J connectivity index is 1.80. The molecule has 0 bridgehead atoms. The summed E-state index contributed by atoms with van der Waals surface area (Å²) in [5, 5.41) is 18.9. The van der Waals surface area contributed by atoms with Crippen molar-refractivity contribution in [1.29, 1.82) is 0 Å². The third-order valence-corrected chi connectivity index (χ3v) is 4.09. The summed E-state index contributed by atoms with van der Waals surface area (Å²) in [7, 11) is 1.25. The third kappa shape index (κ3) is 4.29. The van der Waals surface area contributed by atoms with Gasteiger partial charge in [-0.05, 0) is 24.3 Å². The van der Waals surface area contributed by atoms with Crippen molar-refractivity contribution in [3.63, 3.8) is 0 Å². The zero-order valence-corrected chi connectivity index (χ0v) is 15.6. The number of carbonyl (C=O) groups is 2. The zero-order valence-electron chi connectivity index (χ0n) is 14.8. The number of hydrogen-bond donors (Lipinski definition) is 1. The maximum Gasteiger partial charge on any atom is 0.325 e. The number of benzene rings is 2. The van der Waals surface area contributed by atoms with Gasteiger partial charge in [0, 0.05) is 10.4 Å². The molecule has 0 aliphatic heterocycles. The number of para-hydroxylation sites is 1. The van der Waals surface area contributed by atoms with E-state index >= 15 is 0 Å².